The maximum atomic E-state index is 12.9. The third-order valence-corrected chi connectivity index (χ3v) is 5.38. The summed E-state index contributed by atoms with van der Waals surface area (Å²) in [5, 5.41) is 3.33. The van der Waals surface area contributed by atoms with Crippen molar-refractivity contribution in [2.24, 2.45) is 5.92 Å². The molecule has 2 fully saturated rings. The van der Waals surface area contributed by atoms with Gasteiger partial charge in [-0.05, 0) is 37.9 Å². The molecule has 0 atom stereocenters. The number of hydrogen-bond acceptors (Lipinski definition) is 5. The second-order valence-corrected chi connectivity index (χ2v) is 7.10. The SMILES string of the molecule is COc1cc(OC)cc(C(=O)N2CCC(C(=O)N3CCCNCC3)CC2)c1.Cl. The third kappa shape index (κ3) is 5.29. The van der Waals surface area contributed by atoms with Crippen molar-refractivity contribution >= 4 is 24.2 Å². The Morgan fingerprint density at radius 3 is 2.18 bits per heavy atom. The number of rotatable bonds is 4. The number of nitrogens with one attached hydrogen (secondary N) is 1. The predicted molar refractivity (Wildman–Crippen MR) is 109 cm³/mol. The number of carbonyl (C=O) groups is 2. The molecule has 0 spiro atoms. The zero-order valence-corrected chi connectivity index (χ0v) is 17.4. The molecule has 0 saturated carbocycles. The Morgan fingerprint density at radius 1 is 0.929 bits per heavy atom. The fraction of sp³-hybridized carbons (Fsp3) is 0.600. The van der Waals surface area contributed by atoms with Crippen molar-refractivity contribution in [3.05, 3.63) is 23.8 Å². The lowest BCUT2D eigenvalue weighted by atomic mass is 9.94. The molecule has 2 saturated heterocycles. The van der Waals surface area contributed by atoms with E-state index in [-0.39, 0.29) is 30.1 Å². The number of hydrogen-bond donors (Lipinski definition) is 1. The Labute approximate surface area is 172 Å². The molecular formula is C20H30ClN3O4. The number of benzene rings is 1. The van der Waals surface area contributed by atoms with Gasteiger partial charge in [0.1, 0.15) is 11.5 Å². The lowest BCUT2D eigenvalue weighted by Gasteiger charge is -2.34. The quantitative estimate of drug-likeness (QED) is 0.818. The number of piperidine rings is 1. The van der Waals surface area contributed by atoms with Crippen LogP contribution in [0.3, 0.4) is 0 Å². The number of amides is 2. The number of nitrogens with zero attached hydrogens (tertiary/aromatic N) is 2. The van der Waals surface area contributed by atoms with Crippen LogP contribution < -0.4 is 14.8 Å². The van der Waals surface area contributed by atoms with Gasteiger partial charge in [-0.2, -0.15) is 0 Å². The van der Waals surface area contributed by atoms with Crippen molar-refractivity contribution < 1.29 is 19.1 Å². The van der Waals surface area contributed by atoms with Crippen LogP contribution in [0.25, 0.3) is 0 Å². The molecule has 1 aromatic rings. The van der Waals surface area contributed by atoms with Gasteiger partial charge in [0.15, 0.2) is 0 Å². The van der Waals surface area contributed by atoms with Crippen molar-refractivity contribution in [1.29, 1.82) is 0 Å². The third-order valence-electron chi connectivity index (χ3n) is 5.38. The first-order valence-corrected chi connectivity index (χ1v) is 9.64. The summed E-state index contributed by atoms with van der Waals surface area (Å²) in [6.07, 6.45) is 2.44. The summed E-state index contributed by atoms with van der Waals surface area (Å²) in [6.45, 7) is 4.64. The fourth-order valence-electron chi connectivity index (χ4n) is 3.77. The highest BCUT2D eigenvalue weighted by atomic mass is 35.5. The van der Waals surface area contributed by atoms with Crippen molar-refractivity contribution in [2.75, 3.05) is 53.5 Å². The lowest BCUT2D eigenvalue weighted by Crippen LogP contribution is -2.45. The molecule has 1 N–H and O–H groups in total. The number of halogens is 1. The van der Waals surface area contributed by atoms with Gasteiger partial charge in [0.05, 0.1) is 14.2 Å². The van der Waals surface area contributed by atoms with Crippen LogP contribution in [0.1, 0.15) is 29.6 Å². The van der Waals surface area contributed by atoms with Gasteiger partial charge < -0.3 is 24.6 Å². The zero-order chi connectivity index (χ0) is 19.2. The lowest BCUT2D eigenvalue weighted by molar-refractivity contribution is -0.136. The Balaban J connectivity index is 0.00000280. The summed E-state index contributed by atoms with van der Waals surface area (Å²) in [6, 6.07) is 5.20. The second-order valence-electron chi connectivity index (χ2n) is 7.10. The van der Waals surface area contributed by atoms with Crippen LogP contribution in [-0.4, -0.2) is 75.1 Å². The van der Waals surface area contributed by atoms with Crippen LogP contribution in [-0.2, 0) is 4.79 Å². The molecule has 3 rings (SSSR count). The minimum absolute atomic E-state index is 0. The van der Waals surface area contributed by atoms with E-state index in [1.165, 1.54) is 0 Å². The molecule has 0 bridgehead atoms. The topological polar surface area (TPSA) is 71.1 Å². The minimum atomic E-state index is -0.0444. The van der Waals surface area contributed by atoms with Crippen LogP contribution in [0.2, 0.25) is 0 Å². The molecule has 0 aromatic heterocycles. The maximum Gasteiger partial charge on any atom is 0.254 e. The van der Waals surface area contributed by atoms with Crippen LogP contribution in [0.15, 0.2) is 18.2 Å². The smallest absolute Gasteiger partial charge is 0.254 e. The summed E-state index contributed by atoms with van der Waals surface area (Å²) in [5.74, 6) is 1.41. The van der Waals surface area contributed by atoms with Gasteiger partial charge in [-0.1, -0.05) is 0 Å². The van der Waals surface area contributed by atoms with Crippen LogP contribution in [0.5, 0.6) is 11.5 Å². The van der Waals surface area contributed by atoms with Gasteiger partial charge in [-0.3, -0.25) is 9.59 Å². The Bertz CT molecular complexity index is 647. The van der Waals surface area contributed by atoms with Crippen LogP contribution in [0.4, 0.5) is 0 Å². The van der Waals surface area contributed by atoms with E-state index in [1.807, 2.05) is 9.80 Å². The molecule has 28 heavy (non-hydrogen) atoms. The first-order chi connectivity index (χ1) is 13.1. The molecule has 8 heteroatoms. The van der Waals surface area contributed by atoms with Crippen molar-refractivity contribution in [2.45, 2.75) is 19.3 Å². The van der Waals surface area contributed by atoms with E-state index in [4.69, 9.17) is 9.47 Å². The molecule has 1 aromatic carbocycles. The van der Waals surface area contributed by atoms with Crippen molar-refractivity contribution in [3.63, 3.8) is 0 Å². The van der Waals surface area contributed by atoms with Gasteiger partial charge in [-0.15, -0.1) is 12.4 Å². The minimum Gasteiger partial charge on any atom is -0.497 e. The van der Waals surface area contributed by atoms with E-state index in [0.29, 0.717) is 30.2 Å². The van der Waals surface area contributed by atoms with Gasteiger partial charge in [0.2, 0.25) is 5.91 Å². The summed E-state index contributed by atoms with van der Waals surface area (Å²) in [5.41, 5.74) is 0.551. The first kappa shape index (κ1) is 22.3. The Kier molecular flexibility index (Phi) is 8.38. The molecule has 2 heterocycles. The van der Waals surface area contributed by atoms with Gasteiger partial charge in [0, 0.05) is 50.3 Å². The molecule has 2 amide bonds. The molecule has 0 radical (unpaired) electrons. The van der Waals surface area contributed by atoms with Crippen LogP contribution >= 0.6 is 12.4 Å². The average Bonchev–Trinajstić information content (AvgIpc) is 3.02. The van der Waals surface area contributed by atoms with Crippen molar-refractivity contribution in [1.82, 2.24) is 15.1 Å². The van der Waals surface area contributed by atoms with E-state index >= 15 is 0 Å². The largest absolute Gasteiger partial charge is 0.497 e. The number of methoxy groups -OCH3 is 2. The number of carbonyl (C=O) groups excluding carboxylic acids is 2. The van der Waals surface area contributed by atoms with Gasteiger partial charge in [0.25, 0.3) is 5.91 Å². The second kappa shape index (κ2) is 10.5. The van der Waals surface area contributed by atoms with E-state index in [9.17, 15) is 9.59 Å². The van der Waals surface area contributed by atoms with Crippen molar-refractivity contribution in [3.8, 4) is 11.5 Å². The van der Waals surface area contributed by atoms with E-state index in [1.54, 1.807) is 32.4 Å². The molecule has 156 valence electrons. The van der Waals surface area contributed by atoms with Gasteiger partial charge in [-0.25, -0.2) is 0 Å². The Morgan fingerprint density at radius 2 is 1.57 bits per heavy atom. The highest BCUT2D eigenvalue weighted by molar-refractivity contribution is 5.95. The normalized spacial score (nSPS) is 18.1. The maximum absolute atomic E-state index is 12.9. The van der Waals surface area contributed by atoms with E-state index in [2.05, 4.69) is 5.32 Å². The monoisotopic (exact) mass is 411 g/mol. The summed E-state index contributed by atoms with van der Waals surface area (Å²) in [4.78, 5) is 29.5. The van der Waals surface area contributed by atoms with E-state index < -0.39 is 0 Å². The highest BCUT2D eigenvalue weighted by Crippen LogP contribution is 2.26. The number of ether oxygens (including phenoxy) is 2. The summed E-state index contributed by atoms with van der Waals surface area (Å²) in [7, 11) is 3.14. The summed E-state index contributed by atoms with van der Waals surface area (Å²) < 4.78 is 10.5. The first-order valence-electron chi connectivity index (χ1n) is 9.64. The van der Waals surface area contributed by atoms with Crippen LogP contribution in [0, 0.1) is 5.92 Å². The molecular weight excluding hydrogens is 382 g/mol. The highest BCUT2D eigenvalue weighted by Gasteiger charge is 2.31. The molecule has 0 aliphatic carbocycles. The fourth-order valence-corrected chi connectivity index (χ4v) is 3.77. The predicted octanol–water partition coefficient (Wildman–Crippen LogP) is 1.80. The summed E-state index contributed by atoms with van der Waals surface area (Å²) >= 11 is 0. The van der Waals surface area contributed by atoms with Gasteiger partial charge >= 0.3 is 0 Å². The molecule has 2 aliphatic rings. The molecule has 0 unspecified atom stereocenters. The van der Waals surface area contributed by atoms with E-state index in [0.717, 1.165) is 45.4 Å². The Hall–Kier alpha value is -1.99. The standard InChI is InChI=1S/C20H29N3O4.ClH/c1-26-17-12-16(13-18(14-17)27-2)20(25)23-9-4-15(5-10-23)19(24)22-8-3-6-21-7-11-22;/h12-15,21H,3-11H2,1-2H3;1H. The molecule has 7 nitrogen and oxygen atoms in total. The zero-order valence-electron chi connectivity index (χ0n) is 16.6. The average molecular weight is 412 g/mol. The number of likely N-dealkylation sites (tertiary alicyclic amines) is 1. The molecule has 2 aliphatic heterocycles.